The summed E-state index contributed by atoms with van der Waals surface area (Å²) >= 11 is 3.43. The zero-order valence-corrected chi connectivity index (χ0v) is 14.3. The fourth-order valence-corrected chi connectivity index (χ4v) is 3.59. The second-order valence-corrected chi connectivity index (χ2v) is 6.79. The summed E-state index contributed by atoms with van der Waals surface area (Å²) in [5.74, 6) is -0.00757. The van der Waals surface area contributed by atoms with Crippen LogP contribution >= 0.6 is 15.9 Å². The third-order valence-corrected chi connectivity index (χ3v) is 4.97. The molecule has 0 N–H and O–H groups in total. The second-order valence-electron chi connectivity index (χ2n) is 5.87. The van der Waals surface area contributed by atoms with Gasteiger partial charge in [0.05, 0.1) is 11.6 Å². The number of amides is 1. The van der Waals surface area contributed by atoms with Crippen LogP contribution in [0.25, 0.3) is 5.52 Å². The molecular weight excluding hydrogens is 354 g/mol. The van der Waals surface area contributed by atoms with E-state index in [1.54, 1.807) is 4.52 Å². The van der Waals surface area contributed by atoms with Crippen molar-refractivity contribution in [1.82, 2.24) is 14.5 Å². The number of hydrogen-bond donors (Lipinski definition) is 0. The Balaban J connectivity index is 1.68. The summed E-state index contributed by atoms with van der Waals surface area (Å²) < 4.78 is 2.67. The molecular formula is C18H16BrN3O. The van der Waals surface area contributed by atoms with Gasteiger partial charge < -0.3 is 4.90 Å². The Labute approximate surface area is 142 Å². The van der Waals surface area contributed by atoms with Crippen molar-refractivity contribution in [2.45, 2.75) is 19.4 Å². The van der Waals surface area contributed by atoms with Gasteiger partial charge >= 0.3 is 0 Å². The van der Waals surface area contributed by atoms with Crippen LogP contribution < -0.4 is 0 Å². The molecule has 4 nitrogen and oxygen atoms in total. The van der Waals surface area contributed by atoms with Crippen molar-refractivity contribution in [3.05, 3.63) is 70.0 Å². The lowest BCUT2D eigenvalue weighted by atomic mass is 9.93. The average Bonchev–Trinajstić information content (AvgIpc) is 2.98. The number of fused-ring (bicyclic) bond motifs is 2. The summed E-state index contributed by atoms with van der Waals surface area (Å²) in [7, 11) is 0. The zero-order chi connectivity index (χ0) is 16.0. The molecule has 2 aromatic heterocycles. The Hall–Kier alpha value is -2.14. The number of pyridine rings is 1. The predicted molar refractivity (Wildman–Crippen MR) is 92.5 cm³/mol. The highest BCUT2D eigenvalue weighted by molar-refractivity contribution is 9.10. The normalized spacial score (nSPS) is 17.3. The van der Waals surface area contributed by atoms with Crippen molar-refractivity contribution >= 4 is 27.4 Å². The maximum atomic E-state index is 12.9. The highest BCUT2D eigenvalue weighted by atomic mass is 79.9. The third kappa shape index (κ3) is 2.45. The first kappa shape index (κ1) is 14.5. The van der Waals surface area contributed by atoms with E-state index in [1.807, 2.05) is 35.4 Å². The number of rotatable bonds is 1. The van der Waals surface area contributed by atoms with Gasteiger partial charge in [0.25, 0.3) is 5.91 Å². The van der Waals surface area contributed by atoms with E-state index in [1.165, 1.54) is 11.1 Å². The van der Waals surface area contributed by atoms with Gasteiger partial charge in [-0.25, -0.2) is 4.52 Å². The van der Waals surface area contributed by atoms with Crippen molar-refractivity contribution in [2.75, 3.05) is 6.54 Å². The molecule has 0 aliphatic carbocycles. The van der Waals surface area contributed by atoms with Crippen LogP contribution in [0.15, 0.2) is 53.1 Å². The standard InChI is InChI=1S/C18H16BrN3O/c1-12-16-5-3-2-4-13(16)8-9-21(12)18(23)17-10-15-7-6-14(19)11-22(15)20-17/h2-7,10-12H,8-9H2,1H3/t12-/m0/s1. The molecule has 0 saturated heterocycles. The minimum atomic E-state index is -0.00757. The molecule has 116 valence electrons. The van der Waals surface area contributed by atoms with Crippen LogP contribution in [0.2, 0.25) is 0 Å². The molecule has 1 aliphatic heterocycles. The van der Waals surface area contributed by atoms with E-state index in [0.717, 1.165) is 23.0 Å². The summed E-state index contributed by atoms with van der Waals surface area (Å²) in [6.07, 6.45) is 2.76. The van der Waals surface area contributed by atoms with Gasteiger partial charge in [-0.1, -0.05) is 24.3 Å². The molecule has 1 atom stereocenters. The highest BCUT2D eigenvalue weighted by Crippen LogP contribution is 2.30. The van der Waals surface area contributed by atoms with Crippen LogP contribution in [0.5, 0.6) is 0 Å². The summed E-state index contributed by atoms with van der Waals surface area (Å²) in [5.41, 5.74) is 3.98. The number of hydrogen-bond acceptors (Lipinski definition) is 2. The molecule has 23 heavy (non-hydrogen) atoms. The molecule has 0 radical (unpaired) electrons. The van der Waals surface area contributed by atoms with Gasteiger partial charge in [0.2, 0.25) is 0 Å². The van der Waals surface area contributed by atoms with Gasteiger partial charge in [0, 0.05) is 17.2 Å². The molecule has 4 rings (SSSR count). The van der Waals surface area contributed by atoms with Crippen LogP contribution in [-0.4, -0.2) is 27.0 Å². The first-order valence-corrected chi connectivity index (χ1v) is 8.46. The fraction of sp³-hybridized carbons (Fsp3) is 0.222. The van der Waals surface area contributed by atoms with E-state index in [9.17, 15) is 4.79 Å². The van der Waals surface area contributed by atoms with Crippen molar-refractivity contribution in [1.29, 1.82) is 0 Å². The van der Waals surface area contributed by atoms with Crippen LogP contribution in [0.3, 0.4) is 0 Å². The number of nitrogens with zero attached hydrogens (tertiary/aromatic N) is 3. The summed E-state index contributed by atoms with van der Waals surface area (Å²) in [6, 6.07) is 14.2. The average molecular weight is 370 g/mol. The number of carbonyl (C=O) groups is 1. The fourth-order valence-electron chi connectivity index (χ4n) is 3.26. The van der Waals surface area contributed by atoms with Crippen molar-refractivity contribution in [3.63, 3.8) is 0 Å². The molecule has 3 aromatic rings. The molecule has 1 aromatic carbocycles. The van der Waals surface area contributed by atoms with Gasteiger partial charge in [-0.2, -0.15) is 5.10 Å². The number of halogens is 1. The number of benzene rings is 1. The van der Waals surface area contributed by atoms with Crippen molar-refractivity contribution < 1.29 is 4.79 Å². The summed E-state index contributed by atoms with van der Waals surface area (Å²) in [6.45, 7) is 2.82. The molecule has 0 fully saturated rings. The molecule has 0 spiro atoms. The first-order chi connectivity index (χ1) is 11.1. The Morgan fingerprint density at radius 2 is 2.09 bits per heavy atom. The largest absolute Gasteiger partial charge is 0.330 e. The first-order valence-electron chi connectivity index (χ1n) is 7.67. The Morgan fingerprint density at radius 1 is 1.26 bits per heavy atom. The molecule has 0 saturated carbocycles. The van der Waals surface area contributed by atoms with E-state index in [-0.39, 0.29) is 11.9 Å². The Bertz CT molecular complexity index is 902. The number of aromatic nitrogens is 2. The van der Waals surface area contributed by atoms with Gasteiger partial charge in [-0.05, 0) is 58.6 Å². The van der Waals surface area contributed by atoms with Crippen LogP contribution in [0.1, 0.15) is 34.6 Å². The van der Waals surface area contributed by atoms with Crippen molar-refractivity contribution in [3.8, 4) is 0 Å². The topological polar surface area (TPSA) is 37.6 Å². The predicted octanol–water partition coefficient (Wildman–Crippen LogP) is 3.86. The molecule has 0 unspecified atom stereocenters. The van der Waals surface area contributed by atoms with Crippen LogP contribution in [0.4, 0.5) is 0 Å². The van der Waals surface area contributed by atoms with Gasteiger partial charge in [-0.15, -0.1) is 0 Å². The highest BCUT2D eigenvalue weighted by Gasteiger charge is 2.29. The van der Waals surface area contributed by atoms with E-state index in [4.69, 9.17) is 0 Å². The maximum Gasteiger partial charge on any atom is 0.274 e. The molecule has 1 aliphatic rings. The van der Waals surface area contributed by atoms with Gasteiger partial charge in [-0.3, -0.25) is 4.79 Å². The Kier molecular flexibility index (Phi) is 3.45. The smallest absolute Gasteiger partial charge is 0.274 e. The number of carbonyl (C=O) groups excluding carboxylic acids is 1. The molecule has 3 heterocycles. The minimum Gasteiger partial charge on any atom is -0.330 e. The van der Waals surface area contributed by atoms with E-state index < -0.39 is 0 Å². The lowest BCUT2D eigenvalue weighted by molar-refractivity contribution is 0.0671. The quantitative estimate of drug-likeness (QED) is 0.653. The van der Waals surface area contributed by atoms with Gasteiger partial charge in [0.1, 0.15) is 0 Å². The molecule has 1 amide bonds. The van der Waals surface area contributed by atoms with Crippen molar-refractivity contribution in [2.24, 2.45) is 0 Å². The maximum absolute atomic E-state index is 12.9. The lowest BCUT2D eigenvalue weighted by Crippen LogP contribution is -2.39. The van der Waals surface area contributed by atoms with E-state index >= 15 is 0 Å². The third-order valence-electron chi connectivity index (χ3n) is 4.50. The SMILES string of the molecule is C[C@H]1c2ccccc2CCN1C(=O)c1cc2ccc(Br)cn2n1. The van der Waals surface area contributed by atoms with Crippen LogP contribution in [-0.2, 0) is 6.42 Å². The van der Waals surface area contributed by atoms with Gasteiger partial charge in [0.15, 0.2) is 5.69 Å². The lowest BCUT2D eigenvalue weighted by Gasteiger charge is -2.34. The molecule has 0 bridgehead atoms. The van der Waals surface area contributed by atoms with E-state index in [0.29, 0.717) is 5.69 Å². The molecule has 5 heteroatoms. The minimum absolute atomic E-state index is 0.00757. The Morgan fingerprint density at radius 3 is 2.96 bits per heavy atom. The summed E-state index contributed by atoms with van der Waals surface area (Å²) in [4.78, 5) is 14.8. The summed E-state index contributed by atoms with van der Waals surface area (Å²) in [5, 5.41) is 4.43. The van der Waals surface area contributed by atoms with Crippen LogP contribution in [0, 0.1) is 0 Å². The van der Waals surface area contributed by atoms with E-state index in [2.05, 4.69) is 46.2 Å². The second kappa shape index (κ2) is 5.49. The monoisotopic (exact) mass is 369 g/mol. The zero-order valence-electron chi connectivity index (χ0n) is 12.7.